The Morgan fingerprint density at radius 1 is 1.12 bits per heavy atom. The van der Waals surface area contributed by atoms with Crippen molar-refractivity contribution in [1.29, 1.82) is 0 Å². The number of nitrogens with one attached hydrogen (secondary N) is 1. The summed E-state index contributed by atoms with van der Waals surface area (Å²) in [4.78, 5) is 12.3. The fourth-order valence-electron chi connectivity index (χ4n) is 2.68. The monoisotopic (exact) mass is 400 g/mol. The molecule has 0 bridgehead atoms. The molecule has 0 aliphatic carbocycles. The molecule has 1 heterocycles. The maximum absolute atomic E-state index is 13.2. The van der Waals surface area contributed by atoms with E-state index in [-0.39, 0.29) is 28.0 Å². The Balaban J connectivity index is 2.19. The van der Waals surface area contributed by atoms with Crippen molar-refractivity contribution in [3.63, 3.8) is 0 Å². The Bertz CT molecular complexity index is 933. The van der Waals surface area contributed by atoms with Gasteiger partial charge in [0.2, 0.25) is 5.91 Å². The van der Waals surface area contributed by atoms with Crippen LogP contribution in [0, 0.1) is 0 Å². The topological polar surface area (TPSA) is 86.7 Å². The van der Waals surface area contributed by atoms with Crippen LogP contribution in [0.25, 0.3) is 0 Å². The van der Waals surface area contributed by atoms with Crippen molar-refractivity contribution in [3.05, 3.63) is 52.5 Å². The average molecular weight is 401 g/mol. The second kappa shape index (κ2) is 6.84. The summed E-state index contributed by atoms with van der Waals surface area (Å²) in [5.74, 6) is -0.503. The van der Waals surface area contributed by atoms with E-state index in [1.165, 1.54) is 18.2 Å². The molecular weight excluding hydrogens is 387 g/mol. The number of carbonyl (C=O) groups is 1. The van der Waals surface area contributed by atoms with Gasteiger partial charge in [-0.05, 0) is 30.3 Å². The fraction of sp³-hybridized carbons (Fsp3) is 0.188. The number of amides is 1. The minimum Gasteiger partial charge on any atom is -0.396 e. The third-order valence-electron chi connectivity index (χ3n) is 3.84. The minimum absolute atomic E-state index is 0.0410. The van der Waals surface area contributed by atoms with Crippen LogP contribution in [0.2, 0.25) is 10.0 Å². The molecule has 0 fully saturated rings. The Morgan fingerprint density at radius 2 is 1.84 bits per heavy atom. The zero-order valence-electron chi connectivity index (χ0n) is 12.8. The second-order valence-corrected chi connectivity index (χ2v) is 8.04. The molecule has 0 spiro atoms. The smallest absolute Gasteiger partial charge is 0.265 e. The van der Waals surface area contributed by atoms with E-state index in [1.54, 1.807) is 24.3 Å². The Kier molecular flexibility index (Phi) is 4.92. The zero-order valence-corrected chi connectivity index (χ0v) is 15.1. The highest BCUT2D eigenvalue weighted by Gasteiger charge is 2.40. The summed E-state index contributed by atoms with van der Waals surface area (Å²) in [7, 11) is -4.10. The first kappa shape index (κ1) is 18.0. The Hall–Kier alpha value is -1.80. The van der Waals surface area contributed by atoms with E-state index in [0.29, 0.717) is 11.4 Å². The summed E-state index contributed by atoms with van der Waals surface area (Å²) in [6.07, 6.45) is -0.0410. The SMILES string of the molecule is O=C1Nc2ccccc2N(S(=O)(=O)c2ccc(Cl)c(Cl)c2)[C@@H]1CCO. The fourth-order valence-corrected chi connectivity index (χ4v) is 4.73. The van der Waals surface area contributed by atoms with Crippen molar-refractivity contribution >= 4 is 50.5 Å². The number of para-hydroxylation sites is 2. The highest BCUT2D eigenvalue weighted by Crippen LogP contribution is 2.38. The van der Waals surface area contributed by atoms with E-state index in [9.17, 15) is 18.3 Å². The molecule has 132 valence electrons. The third-order valence-corrected chi connectivity index (χ3v) is 6.39. The summed E-state index contributed by atoms with van der Waals surface area (Å²) < 4.78 is 27.4. The van der Waals surface area contributed by atoms with Crippen LogP contribution in [0.5, 0.6) is 0 Å². The Morgan fingerprint density at radius 3 is 2.52 bits per heavy atom. The van der Waals surface area contributed by atoms with Gasteiger partial charge in [-0.3, -0.25) is 9.10 Å². The number of anilines is 2. The molecule has 1 aliphatic heterocycles. The summed E-state index contributed by atoms with van der Waals surface area (Å²) in [5.41, 5.74) is 0.706. The van der Waals surface area contributed by atoms with Gasteiger partial charge in [-0.25, -0.2) is 8.42 Å². The number of carbonyl (C=O) groups excluding carboxylic acids is 1. The summed E-state index contributed by atoms with van der Waals surface area (Å²) >= 11 is 11.8. The standard InChI is InChI=1S/C16H14Cl2N2O4S/c17-11-6-5-10(9-12(11)18)25(23,24)20-14-4-2-1-3-13(14)19-16(22)15(20)7-8-21/h1-6,9,15,21H,7-8H2,(H,19,22)/t15-/m1/s1. The van der Waals surface area contributed by atoms with Gasteiger partial charge in [-0.15, -0.1) is 0 Å². The van der Waals surface area contributed by atoms with Crippen molar-refractivity contribution in [1.82, 2.24) is 0 Å². The first-order chi connectivity index (χ1) is 11.9. The van der Waals surface area contributed by atoms with Gasteiger partial charge in [-0.1, -0.05) is 35.3 Å². The number of hydrogen-bond acceptors (Lipinski definition) is 4. The second-order valence-electron chi connectivity index (χ2n) is 5.41. The van der Waals surface area contributed by atoms with Gasteiger partial charge in [0, 0.05) is 13.0 Å². The Labute approximate surface area is 155 Å². The van der Waals surface area contributed by atoms with Crippen molar-refractivity contribution in [2.24, 2.45) is 0 Å². The molecule has 2 aromatic carbocycles. The zero-order chi connectivity index (χ0) is 18.2. The van der Waals surface area contributed by atoms with Gasteiger partial charge in [0.1, 0.15) is 6.04 Å². The largest absolute Gasteiger partial charge is 0.396 e. The lowest BCUT2D eigenvalue weighted by molar-refractivity contribution is -0.117. The number of fused-ring (bicyclic) bond motifs is 1. The van der Waals surface area contributed by atoms with Crippen LogP contribution in [0.3, 0.4) is 0 Å². The van der Waals surface area contributed by atoms with Crippen LogP contribution < -0.4 is 9.62 Å². The number of halogens is 2. The number of benzene rings is 2. The lowest BCUT2D eigenvalue weighted by Gasteiger charge is -2.36. The minimum atomic E-state index is -4.10. The number of nitrogens with zero attached hydrogens (tertiary/aromatic N) is 1. The van der Waals surface area contributed by atoms with Crippen molar-refractivity contribution in [3.8, 4) is 0 Å². The van der Waals surface area contributed by atoms with E-state index >= 15 is 0 Å². The van der Waals surface area contributed by atoms with Crippen LogP contribution in [0.4, 0.5) is 11.4 Å². The van der Waals surface area contributed by atoms with Crippen molar-refractivity contribution in [2.75, 3.05) is 16.2 Å². The quantitative estimate of drug-likeness (QED) is 0.825. The van der Waals surface area contributed by atoms with E-state index in [0.717, 1.165) is 4.31 Å². The van der Waals surface area contributed by atoms with Gasteiger partial charge in [0.25, 0.3) is 10.0 Å². The van der Waals surface area contributed by atoms with Gasteiger partial charge in [0.15, 0.2) is 0 Å². The molecular formula is C16H14Cl2N2O4S. The summed E-state index contributed by atoms with van der Waals surface area (Å²) in [5, 5.41) is 12.3. The first-order valence-corrected chi connectivity index (χ1v) is 9.56. The molecule has 25 heavy (non-hydrogen) atoms. The maximum Gasteiger partial charge on any atom is 0.265 e. The lowest BCUT2D eigenvalue weighted by atomic mass is 10.1. The molecule has 2 aromatic rings. The number of aliphatic hydroxyl groups excluding tert-OH is 1. The average Bonchev–Trinajstić information content (AvgIpc) is 2.57. The van der Waals surface area contributed by atoms with Crippen LogP contribution in [0.15, 0.2) is 47.4 Å². The van der Waals surface area contributed by atoms with Gasteiger partial charge in [-0.2, -0.15) is 0 Å². The van der Waals surface area contributed by atoms with Crippen LogP contribution in [-0.2, 0) is 14.8 Å². The van der Waals surface area contributed by atoms with Crippen molar-refractivity contribution < 1.29 is 18.3 Å². The molecule has 0 unspecified atom stereocenters. The molecule has 1 aliphatic rings. The maximum atomic E-state index is 13.2. The molecule has 0 saturated heterocycles. The van der Waals surface area contributed by atoms with Crippen LogP contribution >= 0.6 is 23.2 Å². The predicted molar refractivity (Wildman–Crippen MR) is 96.7 cm³/mol. The normalized spacial score (nSPS) is 17.2. The lowest BCUT2D eigenvalue weighted by Crippen LogP contribution is -2.51. The van der Waals surface area contributed by atoms with Gasteiger partial charge >= 0.3 is 0 Å². The highest BCUT2D eigenvalue weighted by atomic mass is 35.5. The molecule has 0 aromatic heterocycles. The molecule has 1 atom stereocenters. The molecule has 1 amide bonds. The van der Waals surface area contributed by atoms with E-state index in [2.05, 4.69) is 5.32 Å². The van der Waals surface area contributed by atoms with E-state index < -0.39 is 22.0 Å². The van der Waals surface area contributed by atoms with E-state index in [1.807, 2.05) is 0 Å². The molecule has 0 radical (unpaired) electrons. The molecule has 3 rings (SSSR count). The van der Waals surface area contributed by atoms with Crippen LogP contribution in [-0.4, -0.2) is 32.1 Å². The first-order valence-electron chi connectivity index (χ1n) is 7.36. The number of hydrogen-bond donors (Lipinski definition) is 2. The number of rotatable bonds is 4. The molecule has 0 saturated carbocycles. The summed E-state index contributed by atoms with van der Waals surface area (Å²) in [6, 6.07) is 9.44. The molecule has 9 heteroatoms. The van der Waals surface area contributed by atoms with Gasteiger partial charge in [0.05, 0.1) is 26.3 Å². The van der Waals surface area contributed by atoms with Crippen molar-refractivity contribution in [2.45, 2.75) is 17.4 Å². The van der Waals surface area contributed by atoms with Crippen LogP contribution in [0.1, 0.15) is 6.42 Å². The molecule has 6 nitrogen and oxygen atoms in total. The number of sulfonamides is 1. The predicted octanol–water partition coefficient (Wildman–Crippen LogP) is 2.89. The van der Waals surface area contributed by atoms with Gasteiger partial charge < -0.3 is 10.4 Å². The highest BCUT2D eigenvalue weighted by molar-refractivity contribution is 7.93. The third kappa shape index (κ3) is 3.20. The summed E-state index contributed by atoms with van der Waals surface area (Å²) in [6.45, 7) is -0.340. The number of aliphatic hydroxyl groups is 1. The van der Waals surface area contributed by atoms with E-state index in [4.69, 9.17) is 23.2 Å². The molecule has 2 N–H and O–H groups in total.